The molecule has 2 rings (SSSR count). The van der Waals surface area contributed by atoms with Crippen LogP contribution in [0.2, 0.25) is 0 Å². The second-order valence-electron chi connectivity index (χ2n) is 3.02. The molecule has 0 fully saturated rings. The number of carbonyl (C=O) groups excluding carboxylic acids is 2. The molecule has 0 saturated heterocycles. The first-order valence-electron chi connectivity index (χ1n) is 4.17. The van der Waals surface area contributed by atoms with E-state index >= 15 is 0 Å². The maximum Gasteiger partial charge on any atom is 0.375 e. The Morgan fingerprint density at radius 2 is 1.00 bits per heavy atom. The van der Waals surface area contributed by atoms with Crippen molar-refractivity contribution < 1.29 is 31.5 Å². The lowest BCUT2D eigenvalue weighted by molar-refractivity contribution is 0.248. The van der Waals surface area contributed by atoms with Gasteiger partial charge in [-0.25, -0.2) is 36.4 Å². The molecule has 1 aromatic rings. The van der Waals surface area contributed by atoms with Crippen LogP contribution in [0, 0.1) is 29.1 Å². The third kappa shape index (κ3) is 1.45. The second kappa shape index (κ2) is 3.82. The van der Waals surface area contributed by atoms with Gasteiger partial charge in [-0.1, -0.05) is 10.2 Å². The highest BCUT2D eigenvalue weighted by Gasteiger charge is 2.38. The summed E-state index contributed by atoms with van der Waals surface area (Å²) in [6.45, 7) is 0. The summed E-state index contributed by atoms with van der Waals surface area (Å²) in [6, 6.07) is -3.11. The molecule has 0 bridgehead atoms. The molecule has 10 heteroatoms. The molecule has 0 unspecified atom stereocenters. The van der Waals surface area contributed by atoms with Crippen LogP contribution < -0.4 is 4.90 Å². The molecule has 0 atom stereocenters. The number of imide groups is 1. The minimum absolute atomic E-state index is 0.351. The van der Waals surface area contributed by atoms with Gasteiger partial charge in [0.15, 0.2) is 23.3 Å². The van der Waals surface area contributed by atoms with Gasteiger partial charge in [-0.3, -0.25) is 0 Å². The van der Waals surface area contributed by atoms with Gasteiger partial charge >= 0.3 is 12.1 Å². The zero-order chi connectivity index (χ0) is 13.6. The van der Waals surface area contributed by atoms with E-state index in [0.29, 0.717) is 0 Å². The van der Waals surface area contributed by atoms with Crippen LogP contribution in [0.25, 0.3) is 0 Å². The third-order valence-corrected chi connectivity index (χ3v) is 2.01. The van der Waals surface area contributed by atoms with Gasteiger partial charge in [0.1, 0.15) is 5.69 Å². The van der Waals surface area contributed by atoms with Crippen LogP contribution in [-0.4, -0.2) is 12.1 Å². The van der Waals surface area contributed by atoms with Gasteiger partial charge in [0, 0.05) is 0 Å². The van der Waals surface area contributed by atoms with Crippen molar-refractivity contribution >= 4 is 17.7 Å². The van der Waals surface area contributed by atoms with E-state index in [1.165, 1.54) is 0 Å². The maximum absolute atomic E-state index is 13.3. The van der Waals surface area contributed by atoms with Crippen molar-refractivity contribution in [2.75, 3.05) is 4.90 Å². The highest BCUT2D eigenvalue weighted by molar-refractivity contribution is 6.17. The van der Waals surface area contributed by atoms with E-state index in [1.54, 1.807) is 0 Å². The first-order chi connectivity index (χ1) is 8.36. The number of carbonyl (C=O) groups is 2. The molecule has 0 N–H and O–H groups in total. The molecule has 1 aliphatic heterocycles. The number of halogens is 5. The van der Waals surface area contributed by atoms with Gasteiger partial charge < -0.3 is 0 Å². The summed E-state index contributed by atoms with van der Waals surface area (Å²) in [4.78, 5) is 21.6. The smallest absolute Gasteiger partial charge is 0.243 e. The molecule has 1 aliphatic rings. The Balaban J connectivity index is 2.73. The molecular formula is C8F5N3O2. The zero-order valence-corrected chi connectivity index (χ0v) is 8.05. The summed E-state index contributed by atoms with van der Waals surface area (Å²) in [6.07, 6.45) is 0. The molecule has 18 heavy (non-hydrogen) atoms. The Morgan fingerprint density at radius 1 is 0.667 bits per heavy atom. The Morgan fingerprint density at radius 3 is 1.39 bits per heavy atom. The number of benzene rings is 1. The standard InChI is InChI=1S/C8F5N3O2/c9-1-2(10)4(12)6(5(13)3(1)11)16-7(17)14-15-8(16)18. The van der Waals surface area contributed by atoms with E-state index in [2.05, 4.69) is 10.2 Å². The number of hydrogen-bond acceptors (Lipinski definition) is 2. The van der Waals surface area contributed by atoms with Crippen molar-refractivity contribution in [2.24, 2.45) is 10.2 Å². The van der Waals surface area contributed by atoms with Crippen LogP contribution in [0.4, 0.5) is 37.2 Å². The summed E-state index contributed by atoms with van der Waals surface area (Å²) in [5.74, 6) is -11.6. The average molecular weight is 265 g/mol. The first-order valence-corrected chi connectivity index (χ1v) is 4.17. The first kappa shape index (κ1) is 12.1. The number of anilines is 1. The van der Waals surface area contributed by atoms with Crippen LogP contribution in [0.1, 0.15) is 0 Å². The lowest BCUT2D eigenvalue weighted by Crippen LogP contribution is -2.30. The Labute approximate surface area is 94.5 Å². The van der Waals surface area contributed by atoms with Crippen LogP contribution in [-0.2, 0) is 0 Å². The Bertz CT molecular complexity index is 568. The molecule has 0 aliphatic carbocycles. The number of amides is 4. The van der Waals surface area contributed by atoms with E-state index < -0.39 is 46.8 Å². The SMILES string of the molecule is O=C1N=NC(=O)N1c1c(F)c(F)c(F)c(F)c1F. The lowest BCUT2D eigenvalue weighted by atomic mass is 10.2. The summed E-state index contributed by atoms with van der Waals surface area (Å²) >= 11 is 0. The van der Waals surface area contributed by atoms with Crippen LogP contribution >= 0.6 is 0 Å². The van der Waals surface area contributed by atoms with E-state index in [4.69, 9.17) is 0 Å². The molecule has 0 spiro atoms. The molecule has 4 amide bonds. The van der Waals surface area contributed by atoms with Crippen molar-refractivity contribution in [3.63, 3.8) is 0 Å². The van der Waals surface area contributed by atoms with Gasteiger partial charge in [-0.15, -0.1) is 0 Å². The van der Waals surface area contributed by atoms with Gasteiger partial charge in [-0.2, -0.15) is 0 Å². The number of nitrogens with zero attached hydrogens (tertiary/aromatic N) is 3. The fourth-order valence-corrected chi connectivity index (χ4v) is 1.24. The largest absolute Gasteiger partial charge is 0.375 e. The minimum Gasteiger partial charge on any atom is -0.243 e. The number of azo groups is 1. The lowest BCUT2D eigenvalue weighted by Gasteiger charge is -2.13. The maximum atomic E-state index is 13.3. The summed E-state index contributed by atoms with van der Waals surface area (Å²) in [5.41, 5.74) is -1.70. The number of hydrogen-bond donors (Lipinski definition) is 0. The van der Waals surface area contributed by atoms with Crippen molar-refractivity contribution in [1.82, 2.24) is 0 Å². The van der Waals surface area contributed by atoms with E-state index in [0.717, 1.165) is 0 Å². The normalized spacial score (nSPS) is 14.8. The number of urea groups is 2. The Kier molecular flexibility index (Phi) is 2.56. The highest BCUT2D eigenvalue weighted by Crippen LogP contribution is 2.32. The second-order valence-corrected chi connectivity index (χ2v) is 3.02. The third-order valence-electron chi connectivity index (χ3n) is 2.01. The van der Waals surface area contributed by atoms with Crippen LogP contribution in [0.5, 0.6) is 0 Å². The molecular weight excluding hydrogens is 265 g/mol. The number of rotatable bonds is 1. The molecule has 5 nitrogen and oxygen atoms in total. The molecule has 1 aromatic carbocycles. The fourth-order valence-electron chi connectivity index (χ4n) is 1.24. The molecule has 0 radical (unpaired) electrons. The molecule has 1 heterocycles. The van der Waals surface area contributed by atoms with E-state index in [9.17, 15) is 31.5 Å². The Hall–Kier alpha value is -2.39. The molecule has 94 valence electrons. The van der Waals surface area contributed by atoms with Crippen molar-refractivity contribution in [1.29, 1.82) is 0 Å². The van der Waals surface area contributed by atoms with Gasteiger partial charge in [-0.05, 0) is 0 Å². The molecule has 0 aromatic heterocycles. The quantitative estimate of drug-likeness (QED) is 0.445. The predicted octanol–water partition coefficient (Wildman–Crippen LogP) is 2.89. The van der Waals surface area contributed by atoms with E-state index in [-0.39, 0.29) is 4.90 Å². The summed E-state index contributed by atoms with van der Waals surface area (Å²) < 4.78 is 64.9. The highest BCUT2D eigenvalue weighted by atomic mass is 19.2. The van der Waals surface area contributed by atoms with Crippen LogP contribution in [0.15, 0.2) is 10.2 Å². The summed E-state index contributed by atoms with van der Waals surface area (Å²) in [7, 11) is 0. The van der Waals surface area contributed by atoms with Crippen molar-refractivity contribution in [3.8, 4) is 0 Å². The van der Waals surface area contributed by atoms with Gasteiger partial charge in [0.05, 0.1) is 0 Å². The average Bonchev–Trinajstić information content (AvgIpc) is 2.66. The van der Waals surface area contributed by atoms with E-state index in [1.807, 2.05) is 0 Å². The topological polar surface area (TPSA) is 62.1 Å². The summed E-state index contributed by atoms with van der Waals surface area (Å²) in [5, 5.41) is 5.26. The van der Waals surface area contributed by atoms with Crippen LogP contribution in [0.3, 0.4) is 0 Å². The van der Waals surface area contributed by atoms with Gasteiger partial charge in [0.25, 0.3) is 0 Å². The molecule has 0 saturated carbocycles. The van der Waals surface area contributed by atoms with Gasteiger partial charge in [0.2, 0.25) is 5.82 Å². The zero-order valence-electron chi connectivity index (χ0n) is 8.05. The monoisotopic (exact) mass is 265 g/mol. The predicted molar refractivity (Wildman–Crippen MR) is 44.4 cm³/mol. The van der Waals surface area contributed by atoms with Crippen molar-refractivity contribution in [2.45, 2.75) is 0 Å². The van der Waals surface area contributed by atoms with Crippen molar-refractivity contribution in [3.05, 3.63) is 29.1 Å². The minimum atomic E-state index is -2.40. The fraction of sp³-hybridized carbons (Fsp3) is 0.